The molecule has 1 atom stereocenters. The number of hydrogen-bond donors (Lipinski definition) is 1. The molecule has 1 N–H and O–H groups in total. The highest BCUT2D eigenvalue weighted by atomic mass is 19.4. The number of halogens is 25. The van der Waals surface area contributed by atoms with Gasteiger partial charge < -0.3 is 5.32 Å². The van der Waals surface area contributed by atoms with Crippen LogP contribution in [0.2, 0.25) is 0 Å². The van der Waals surface area contributed by atoms with Crippen LogP contribution in [0.15, 0.2) is 23.2 Å². The maximum Gasteiger partial charge on any atom is 0.460 e. The number of carbonyl (C=O) groups is 1. The summed E-state index contributed by atoms with van der Waals surface area (Å²) in [5.74, 6) is -101. The first kappa shape index (κ1) is 47.3. The van der Waals surface area contributed by atoms with Gasteiger partial charge in [-0.15, -0.1) is 0 Å². The van der Waals surface area contributed by atoms with Gasteiger partial charge in [-0.3, -0.25) is 4.79 Å². The molecule has 4 nitrogen and oxygen atoms in total. The summed E-state index contributed by atoms with van der Waals surface area (Å²) < 4.78 is 341. The number of aryl methyl sites for hydroxylation is 1. The number of hydrogen-bond acceptors (Lipinski definition) is 3. The lowest BCUT2D eigenvalue weighted by Crippen LogP contribution is -2.78. The lowest BCUT2D eigenvalue weighted by atomic mass is 9.84. The van der Waals surface area contributed by atoms with Crippen molar-refractivity contribution in [3.05, 3.63) is 29.3 Å². The van der Waals surface area contributed by atoms with Crippen LogP contribution in [0.4, 0.5) is 115 Å². The van der Waals surface area contributed by atoms with Crippen molar-refractivity contribution in [2.75, 3.05) is 0 Å². The molecule has 1 rings (SSSR count). The molecule has 1 unspecified atom stereocenters. The van der Waals surface area contributed by atoms with E-state index in [2.05, 4.69) is 4.99 Å². The first-order valence-corrected chi connectivity index (χ1v) is 12.7. The molecule has 0 aromatic heterocycles. The van der Waals surface area contributed by atoms with Crippen LogP contribution in [0, 0.1) is 6.92 Å². The van der Waals surface area contributed by atoms with E-state index in [9.17, 15) is 119 Å². The highest BCUT2D eigenvalue weighted by Crippen LogP contribution is 2.68. The molecular weight excluding hydrogens is 823 g/mol. The second-order valence-electron chi connectivity index (χ2n) is 10.7. The molecule has 306 valence electrons. The molecule has 0 bridgehead atoms. The summed E-state index contributed by atoms with van der Waals surface area (Å²) in [5, 5.41) is 1.30. The van der Waals surface area contributed by atoms with Crippen molar-refractivity contribution in [3.63, 3.8) is 0 Å². The number of nitrogens with one attached hydrogen (secondary N) is 1. The molecule has 0 radical (unpaired) electrons. The molecule has 0 saturated heterocycles. The van der Waals surface area contributed by atoms with Crippen molar-refractivity contribution >= 4 is 17.7 Å². The van der Waals surface area contributed by atoms with E-state index in [1.54, 1.807) is 0 Å². The van der Waals surface area contributed by atoms with Gasteiger partial charge in [-0.05, 0) is 26.0 Å². The predicted octanol–water partition coefficient (Wildman–Crippen LogP) is 10.0. The Hall–Kier alpha value is -3.68. The summed E-state index contributed by atoms with van der Waals surface area (Å²) in [6, 6.07) is 0.0345. The maximum atomic E-state index is 14.4. The molecule has 1 aromatic carbocycles. The van der Waals surface area contributed by atoms with Crippen LogP contribution in [-0.2, 0) is 4.79 Å². The minimum atomic E-state index is -9.67. The molecule has 0 heterocycles. The summed E-state index contributed by atoms with van der Waals surface area (Å²) in [7, 11) is 0. The molecule has 0 aliphatic heterocycles. The maximum absolute atomic E-state index is 14.4. The summed E-state index contributed by atoms with van der Waals surface area (Å²) in [5.41, 5.74) is -1.36. The number of amides is 1. The van der Waals surface area contributed by atoms with Gasteiger partial charge in [-0.2, -0.15) is 115 Å². The van der Waals surface area contributed by atoms with E-state index >= 15 is 0 Å². The largest absolute Gasteiger partial charge is 0.460 e. The van der Waals surface area contributed by atoms with Crippen molar-refractivity contribution in [1.82, 2.24) is 5.32 Å². The van der Waals surface area contributed by atoms with Gasteiger partial charge in [0.25, 0.3) is 5.91 Å². The van der Waals surface area contributed by atoms with Crippen LogP contribution < -0.4 is 5.32 Å². The highest BCUT2D eigenvalue weighted by molar-refractivity contribution is 5.99. The number of alkyl halides is 25. The third-order valence-corrected chi connectivity index (χ3v) is 6.87. The van der Waals surface area contributed by atoms with Crippen LogP contribution in [0.5, 0.6) is 0 Å². The molecule has 0 spiro atoms. The molecule has 29 heteroatoms. The van der Waals surface area contributed by atoms with E-state index in [4.69, 9.17) is 0 Å². The number of carbonyl (C=O) groups excluding carboxylic acids is 2. The average molecular weight is 836 g/mol. The Kier molecular flexibility index (Phi) is 11.8. The first-order valence-electron chi connectivity index (χ1n) is 12.7. The number of rotatable bonds is 15. The summed E-state index contributed by atoms with van der Waals surface area (Å²) in [6.45, 7) is 1.36. The van der Waals surface area contributed by atoms with Gasteiger partial charge in [0.15, 0.2) is 0 Å². The lowest BCUT2D eigenvalue weighted by Gasteiger charge is -2.45. The Morgan fingerprint density at radius 3 is 1.23 bits per heavy atom. The van der Waals surface area contributed by atoms with Gasteiger partial charge in [0.2, 0.25) is 6.08 Å². The Bertz CT molecular complexity index is 1570. The smallest absolute Gasteiger partial charge is 0.349 e. The van der Waals surface area contributed by atoms with Gasteiger partial charge in [-0.25, -0.2) is 4.79 Å². The van der Waals surface area contributed by atoms with E-state index in [0.29, 0.717) is 0 Å². The minimum absolute atomic E-state index is 0.101. The number of benzene rings is 1. The Morgan fingerprint density at radius 2 is 0.906 bits per heavy atom. The zero-order valence-corrected chi connectivity index (χ0v) is 24.7. The average Bonchev–Trinajstić information content (AvgIpc) is 2.96. The first-order chi connectivity index (χ1) is 23.0. The Balaban J connectivity index is 3.71. The standard InChI is InChI=1S/C24H13F25N2O2/c1-8-3-4-11(50-7-52)10(5-8)12(53)51-9(2)6-13(25,26)14(27,28)15(29,30)16(31,32)17(33,34)18(35,36)19(37,38)20(39,40)21(41,42)22(43,44)23(45,46)24(47,48)49/h3-5,9H,6H2,1-2H3,(H,51,53). The SMILES string of the molecule is Cc1ccc(N=C=O)c(C(=O)NC(C)CC(F)(F)C(F)(F)C(F)(F)C(F)(F)C(F)(F)C(F)(F)C(F)(F)C(F)(F)C(F)(F)C(F)(F)C(F)(F)C(F)(F)F)c1. The van der Waals surface area contributed by atoms with Gasteiger partial charge in [0, 0.05) is 12.5 Å². The van der Waals surface area contributed by atoms with Crippen LogP contribution in [-0.4, -0.2) is 89.4 Å². The normalized spacial score (nSPS) is 15.9. The summed E-state index contributed by atoms with van der Waals surface area (Å²) >= 11 is 0. The van der Waals surface area contributed by atoms with Crippen molar-refractivity contribution in [1.29, 1.82) is 0 Å². The molecule has 0 saturated carbocycles. The van der Waals surface area contributed by atoms with Crippen molar-refractivity contribution < 1.29 is 119 Å². The fourth-order valence-corrected chi connectivity index (χ4v) is 3.83. The van der Waals surface area contributed by atoms with E-state index in [-0.39, 0.29) is 12.5 Å². The molecule has 53 heavy (non-hydrogen) atoms. The molecule has 1 amide bonds. The summed E-state index contributed by atoms with van der Waals surface area (Å²) in [6.07, 6.45) is -10.5. The fraction of sp³-hybridized carbons (Fsp3) is 0.667. The molecule has 0 fully saturated rings. The van der Waals surface area contributed by atoms with Gasteiger partial charge in [0.1, 0.15) is 0 Å². The fourth-order valence-electron chi connectivity index (χ4n) is 3.83. The minimum Gasteiger partial charge on any atom is -0.349 e. The van der Waals surface area contributed by atoms with Gasteiger partial charge >= 0.3 is 71.3 Å². The van der Waals surface area contributed by atoms with Crippen molar-refractivity contribution in [2.45, 2.75) is 97.6 Å². The molecule has 0 aliphatic rings. The monoisotopic (exact) mass is 836 g/mol. The van der Waals surface area contributed by atoms with Crippen LogP contribution in [0.25, 0.3) is 0 Å². The predicted molar refractivity (Wildman–Crippen MR) is 121 cm³/mol. The zero-order chi connectivity index (χ0) is 42.8. The van der Waals surface area contributed by atoms with Crippen LogP contribution in [0.1, 0.15) is 29.3 Å². The van der Waals surface area contributed by atoms with Crippen LogP contribution >= 0.6 is 0 Å². The molecule has 0 aliphatic carbocycles. The third kappa shape index (κ3) is 6.71. The molecular formula is C24H13F25N2O2. The topological polar surface area (TPSA) is 58.5 Å². The number of isocyanates is 1. The number of nitrogens with zero attached hydrogens (tertiary/aromatic N) is 1. The van der Waals surface area contributed by atoms with E-state index in [0.717, 1.165) is 24.3 Å². The Labute approximate surface area is 275 Å². The van der Waals surface area contributed by atoms with Crippen LogP contribution in [0.3, 0.4) is 0 Å². The van der Waals surface area contributed by atoms with Gasteiger partial charge in [0.05, 0.1) is 11.3 Å². The van der Waals surface area contributed by atoms with Crippen molar-refractivity contribution in [2.24, 2.45) is 4.99 Å². The second kappa shape index (κ2) is 13.3. The third-order valence-electron chi connectivity index (χ3n) is 6.87. The van der Waals surface area contributed by atoms with Gasteiger partial charge in [-0.1, -0.05) is 11.6 Å². The number of aliphatic imine (C=N–C) groups is 1. The van der Waals surface area contributed by atoms with Crippen molar-refractivity contribution in [3.8, 4) is 0 Å². The van der Waals surface area contributed by atoms with E-state index in [1.165, 1.54) is 12.2 Å². The lowest BCUT2D eigenvalue weighted by molar-refractivity contribution is -0.482. The second-order valence-corrected chi connectivity index (χ2v) is 10.7. The van der Waals surface area contributed by atoms with E-state index in [1.807, 2.05) is 0 Å². The van der Waals surface area contributed by atoms with E-state index < -0.39 is 101 Å². The zero-order valence-electron chi connectivity index (χ0n) is 24.7. The highest BCUT2D eigenvalue weighted by Gasteiger charge is 2.99. The Morgan fingerprint density at radius 1 is 0.585 bits per heavy atom. The summed E-state index contributed by atoms with van der Waals surface area (Å²) in [4.78, 5) is 25.8. The quantitative estimate of drug-likeness (QED) is 0.109. The molecule has 1 aromatic rings.